The van der Waals surface area contributed by atoms with Gasteiger partial charge in [-0.1, -0.05) is 18.2 Å². The van der Waals surface area contributed by atoms with Gasteiger partial charge in [0.05, 0.1) is 5.56 Å². The van der Waals surface area contributed by atoms with Gasteiger partial charge in [0.15, 0.2) is 6.61 Å². The minimum atomic E-state index is -0.591. The molecule has 0 saturated heterocycles. The quantitative estimate of drug-likeness (QED) is 0.788. The van der Waals surface area contributed by atoms with Crippen LogP contribution in [0.1, 0.15) is 15.9 Å². The zero-order valence-electron chi connectivity index (χ0n) is 10.3. The zero-order valence-corrected chi connectivity index (χ0v) is 10.3. The van der Waals surface area contributed by atoms with Gasteiger partial charge in [0.2, 0.25) is 5.78 Å². The molecule has 0 N–H and O–H groups in total. The number of Topliss-reactive ketones (excluding diaryl/α,β-unsaturated/α-hetero) is 1. The molecule has 0 spiro atoms. The molecule has 0 fully saturated rings. The van der Waals surface area contributed by atoms with Crippen molar-refractivity contribution in [1.82, 2.24) is 0 Å². The molecule has 0 bridgehead atoms. The number of hydrogen-bond donors (Lipinski definition) is 0. The SMILES string of the molecule is Cc1ccc(F)cc1OCC(=O)c1ccccc1F. The minimum Gasteiger partial charge on any atom is -0.485 e. The van der Waals surface area contributed by atoms with Crippen LogP contribution in [0.15, 0.2) is 42.5 Å². The van der Waals surface area contributed by atoms with E-state index in [0.29, 0.717) is 5.56 Å². The first kappa shape index (κ1) is 13.2. The van der Waals surface area contributed by atoms with Crippen molar-refractivity contribution in [2.75, 3.05) is 6.61 Å². The highest BCUT2D eigenvalue weighted by Gasteiger charge is 2.12. The van der Waals surface area contributed by atoms with Gasteiger partial charge in [0, 0.05) is 6.07 Å². The van der Waals surface area contributed by atoms with E-state index in [1.807, 2.05) is 0 Å². The van der Waals surface area contributed by atoms with Gasteiger partial charge in [-0.05, 0) is 30.7 Å². The molecule has 2 aromatic carbocycles. The van der Waals surface area contributed by atoms with Crippen LogP contribution in [-0.2, 0) is 0 Å². The van der Waals surface area contributed by atoms with E-state index in [-0.39, 0.29) is 17.9 Å². The van der Waals surface area contributed by atoms with E-state index in [0.717, 1.165) is 0 Å². The molecule has 2 rings (SSSR count). The molecule has 0 saturated carbocycles. The number of rotatable bonds is 4. The molecule has 2 nitrogen and oxygen atoms in total. The Morgan fingerprint density at radius 3 is 2.63 bits per heavy atom. The predicted octanol–water partition coefficient (Wildman–Crippen LogP) is 3.53. The molecule has 0 atom stereocenters. The second kappa shape index (κ2) is 5.61. The summed E-state index contributed by atoms with van der Waals surface area (Å²) in [6.07, 6.45) is 0. The topological polar surface area (TPSA) is 26.3 Å². The molecule has 0 aliphatic carbocycles. The van der Waals surface area contributed by atoms with Gasteiger partial charge in [0.1, 0.15) is 17.4 Å². The summed E-state index contributed by atoms with van der Waals surface area (Å²) < 4.78 is 31.6. The number of ether oxygens (including phenoxy) is 1. The Morgan fingerprint density at radius 2 is 1.89 bits per heavy atom. The second-order valence-corrected chi connectivity index (χ2v) is 4.10. The van der Waals surface area contributed by atoms with E-state index in [9.17, 15) is 13.6 Å². The van der Waals surface area contributed by atoms with E-state index in [1.165, 1.54) is 30.3 Å². The number of carbonyl (C=O) groups excluding carboxylic acids is 1. The third-order valence-corrected chi connectivity index (χ3v) is 2.68. The fourth-order valence-corrected chi connectivity index (χ4v) is 1.64. The molecule has 0 aliphatic heterocycles. The summed E-state index contributed by atoms with van der Waals surface area (Å²) in [5, 5.41) is 0. The van der Waals surface area contributed by atoms with Crippen LogP contribution in [0.5, 0.6) is 5.75 Å². The highest BCUT2D eigenvalue weighted by Crippen LogP contribution is 2.19. The lowest BCUT2D eigenvalue weighted by atomic mass is 10.1. The highest BCUT2D eigenvalue weighted by atomic mass is 19.1. The van der Waals surface area contributed by atoms with Crippen molar-refractivity contribution in [2.24, 2.45) is 0 Å². The molecule has 0 aromatic heterocycles. The Kier molecular flexibility index (Phi) is 3.90. The largest absolute Gasteiger partial charge is 0.485 e. The second-order valence-electron chi connectivity index (χ2n) is 4.10. The fraction of sp³-hybridized carbons (Fsp3) is 0.133. The summed E-state index contributed by atoms with van der Waals surface area (Å²) >= 11 is 0. The Bertz CT molecular complexity index is 609. The zero-order chi connectivity index (χ0) is 13.8. The molecule has 4 heteroatoms. The van der Waals surface area contributed by atoms with Crippen molar-refractivity contribution < 1.29 is 18.3 Å². The van der Waals surface area contributed by atoms with Crippen molar-refractivity contribution in [1.29, 1.82) is 0 Å². The van der Waals surface area contributed by atoms with Crippen LogP contribution in [0, 0.1) is 18.6 Å². The Balaban J connectivity index is 2.09. The maximum Gasteiger partial charge on any atom is 0.203 e. The summed E-state index contributed by atoms with van der Waals surface area (Å²) in [6.45, 7) is 1.41. The molecule has 0 heterocycles. The first-order valence-electron chi connectivity index (χ1n) is 5.74. The van der Waals surface area contributed by atoms with Crippen LogP contribution in [-0.4, -0.2) is 12.4 Å². The summed E-state index contributed by atoms with van der Waals surface area (Å²) in [5.74, 6) is -1.24. The van der Waals surface area contributed by atoms with Crippen LogP contribution in [0.3, 0.4) is 0 Å². The van der Waals surface area contributed by atoms with E-state index < -0.39 is 17.4 Å². The molecular weight excluding hydrogens is 250 g/mol. The Morgan fingerprint density at radius 1 is 1.16 bits per heavy atom. The van der Waals surface area contributed by atoms with E-state index in [1.54, 1.807) is 19.1 Å². The van der Waals surface area contributed by atoms with Gasteiger partial charge in [-0.3, -0.25) is 4.79 Å². The van der Waals surface area contributed by atoms with Crippen LogP contribution >= 0.6 is 0 Å². The van der Waals surface area contributed by atoms with Crippen molar-refractivity contribution >= 4 is 5.78 Å². The monoisotopic (exact) mass is 262 g/mol. The number of ketones is 1. The fourth-order valence-electron chi connectivity index (χ4n) is 1.64. The van der Waals surface area contributed by atoms with Gasteiger partial charge in [0.25, 0.3) is 0 Å². The number of aryl methyl sites for hydroxylation is 1. The first-order valence-corrected chi connectivity index (χ1v) is 5.74. The van der Waals surface area contributed by atoms with Crippen LogP contribution < -0.4 is 4.74 Å². The predicted molar refractivity (Wildman–Crippen MR) is 67.4 cm³/mol. The smallest absolute Gasteiger partial charge is 0.203 e. The standard InChI is InChI=1S/C15H12F2O2/c1-10-6-7-11(16)8-15(10)19-9-14(18)12-4-2-3-5-13(12)17/h2-8H,9H2,1H3. The average molecular weight is 262 g/mol. The van der Waals surface area contributed by atoms with Gasteiger partial charge < -0.3 is 4.74 Å². The highest BCUT2D eigenvalue weighted by molar-refractivity contribution is 5.97. The van der Waals surface area contributed by atoms with Crippen LogP contribution in [0.25, 0.3) is 0 Å². The van der Waals surface area contributed by atoms with Crippen LogP contribution in [0.2, 0.25) is 0 Å². The molecule has 98 valence electrons. The van der Waals surface area contributed by atoms with Gasteiger partial charge >= 0.3 is 0 Å². The van der Waals surface area contributed by atoms with Crippen molar-refractivity contribution in [2.45, 2.75) is 6.92 Å². The maximum atomic E-state index is 13.4. The summed E-state index contributed by atoms with van der Waals surface area (Å²) in [7, 11) is 0. The third-order valence-electron chi connectivity index (χ3n) is 2.68. The lowest BCUT2D eigenvalue weighted by Crippen LogP contribution is -2.13. The number of hydrogen-bond acceptors (Lipinski definition) is 2. The molecule has 0 amide bonds. The third kappa shape index (κ3) is 3.16. The van der Waals surface area contributed by atoms with Gasteiger partial charge in [-0.15, -0.1) is 0 Å². The van der Waals surface area contributed by atoms with Gasteiger partial charge in [-0.25, -0.2) is 8.78 Å². The van der Waals surface area contributed by atoms with Crippen molar-refractivity contribution in [3.05, 3.63) is 65.2 Å². The normalized spacial score (nSPS) is 10.3. The molecule has 0 radical (unpaired) electrons. The molecule has 0 unspecified atom stereocenters. The summed E-state index contributed by atoms with van der Waals surface area (Å²) in [4.78, 5) is 11.8. The minimum absolute atomic E-state index is 0.0310. The van der Waals surface area contributed by atoms with E-state index in [2.05, 4.69) is 0 Å². The van der Waals surface area contributed by atoms with Gasteiger partial charge in [-0.2, -0.15) is 0 Å². The summed E-state index contributed by atoms with van der Waals surface area (Å²) in [6, 6.07) is 9.73. The molecule has 2 aromatic rings. The lowest BCUT2D eigenvalue weighted by molar-refractivity contribution is 0.0916. The molecule has 19 heavy (non-hydrogen) atoms. The van der Waals surface area contributed by atoms with Crippen molar-refractivity contribution in [3.63, 3.8) is 0 Å². The lowest BCUT2D eigenvalue weighted by Gasteiger charge is -2.08. The van der Waals surface area contributed by atoms with Crippen molar-refractivity contribution in [3.8, 4) is 5.75 Å². The summed E-state index contributed by atoms with van der Waals surface area (Å²) in [5.41, 5.74) is 0.680. The van der Waals surface area contributed by atoms with Crippen LogP contribution in [0.4, 0.5) is 8.78 Å². The number of halogens is 2. The Hall–Kier alpha value is -2.23. The number of benzene rings is 2. The molecule has 0 aliphatic rings. The van der Waals surface area contributed by atoms with E-state index >= 15 is 0 Å². The first-order chi connectivity index (χ1) is 9.08. The average Bonchev–Trinajstić information content (AvgIpc) is 2.40. The van der Waals surface area contributed by atoms with E-state index in [4.69, 9.17) is 4.74 Å². The maximum absolute atomic E-state index is 13.4. The molecular formula is C15H12F2O2. The Labute approximate surface area is 109 Å². The number of carbonyl (C=O) groups is 1.